The molecular formula is C19H23N3O3. The summed E-state index contributed by atoms with van der Waals surface area (Å²) in [5, 5.41) is 12.9. The van der Waals surface area contributed by atoms with Crippen molar-refractivity contribution in [1.82, 2.24) is 14.8 Å². The van der Waals surface area contributed by atoms with Crippen LogP contribution in [0.5, 0.6) is 0 Å². The third-order valence-corrected chi connectivity index (χ3v) is 4.60. The van der Waals surface area contributed by atoms with Crippen LogP contribution in [0.4, 0.5) is 0 Å². The zero-order valence-electron chi connectivity index (χ0n) is 14.3. The number of nitrogens with zero attached hydrogens (tertiary/aromatic N) is 2. The molecule has 1 aromatic heterocycles. The van der Waals surface area contributed by atoms with E-state index in [1.54, 1.807) is 19.3 Å². The van der Waals surface area contributed by atoms with Gasteiger partial charge in [0.1, 0.15) is 0 Å². The maximum atomic E-state index is 12.3. The third kappa shape index (κ3) is 4.35. The van der Waals surface area contributed by atoms with Crippen LogP contribution in [-0.4, -0.2) is 45.7 Å². The van der Waals surface area contributed by atoms with Crippen LogP contribution in [-0.2, 0) is 13.6 Å². The van der Waals surface area contributed by atoms with Crippen LogP contribution < -0.4 is 10.9 Å². The Labute approximate surface area is 146 Å². The van der Waals surface area contributed by atoms with Crippen LogP contribution in [0.3, 0.4) is 0 Å². The van der Waals surface area contributed by atoms with Gasteiger partial charge in [0.25, 0.3) is 11.5 Å². The van der Waals surface area contributed by atoms with Crippen molar-refractivity contribution in [3.63, 3.8) is 0 Å². The molecule has 2 heterocycles. The van der Waals surface area contributed by atoms with Crippen molar-refractivity contribution in [3.05, 3.63) is 70.1 Å². The van der Waals surface area contributed by atoms with E-state index in [0.29, 0.717) is 25.1 Å². The highest BCUT2D eigenvalue weighted by Crippen LogP contribution is 2.20. The third-order valence-electron chi connectivity index (χ3n) is 4.60. The maximum Gasteiger partial charge on any atom is 0.251 e. The van der Waals surface area contributed by atoms with E-state index < -0.39 is 0 Å². The second kappa shape index (κ2) is 7.63. The average molecular weight is 341 g/mol. The van der Waals surface area contributed by atoms with Gasteiger partial charge in [-0.05, 0) is 18.1 Å². The second-order valence-electron chi connectivity index (χ2n) is 6.53. The summed E-state index contributed by atoms with van der Waals surface area (Å²) in [6.07, 6.45) is 1.83. The number of β-amino-alcohol motifs (C(OH)–C–C–N with tert-alkyl or cyclic N) is 1. The summed E-state index contributed by atoms with van der Waals surface area (Å²) in [6.45, 7) is 1.78. The highest BCUT2D eigenvalue weighted by atomic mass is 16.3. The van der Waals surface area contributed by atoms with Gasteiger partial charge in [-0.25, -0.2) is 0 Å². The fourth-order valence-corrected chi connectivity index (χ4v) is 3.18. The lowest BCUT2D eigenvalue weighted by molar-refractivity contribution is 0.0939. The molecule has 1 aromatic carbocycles. The molecule has 3 rings (SSSR count). The molecule has 6 heteroatoms. The predicted octanol–water partition coefficient (Wildman–Crippen LogP) is 0.750. The van der Waals surface area contributed by atoms with Crippen molar-refractivity contribution in [1.29, 1.82) is 0 Å². The molecule has 0 bridgehead atoms. The number of carbonyl (C=O) groups is 1. The monoisotopic (exact) mass is 341 g/mol. The van der Waals surface area contributed by atoms with Crippen molar-refractivity contribution in [2.24, 2.45) is 7.05 Å². The first-order chi connectivity index (χ1) is 12.0. The summed E-state index contributed by atoms with van der Waals surface area (Å²) in [7, 11) is 1.64. The molecule has 0 saturated carbocycles. The fraction of sp³-hybridized carbons (Fsp3) is 0.368. The summed E-state index contributed by atoms with van der Waals surface area (Å²) >= 11 is 0. The first-order valence-corrected chi connectivity index (χ1v) is 8.44. The lowest BCUT2D eigenvalue weighted by Crippen LogP contribution is -2.40. The molecule has 2 atom stereocenters. The Morgan fingerprint density at radius 3 is 2.76 bits per heavy atom. The summed E-state index contributed by atoms with van der Waals surface area (Å²) in [4.78, 5) is 26.1. The van der Waals surface area contributed by atoms with E-state index in [9.17, 15) is 14.7 Å². The molecule has 25 heavy (non-hydrogen) atoms. The Kier molecular flexibility index (Phi) is 5.31. The van der Waals surface area contributed by atoms with Crippen LogP contribution in [0.1, 0.15) is 22.3 Å². The molecule has 1 aliphatic heterocycles. The van der Waals surface area contributed by atoms with Crippen LogP contribution in [0.2, 0.25) is 0 Å². The number of aliphatic hydroxyl groups excluding tert-OH is 1. The van der Waals surface area contributed by atoms with Gasteiger partial charge >= 0.3 is 0 Å². The van der Waals surface area contributed by atoms with Gasteiger partial charge in [0.15, 0.2) is 0 Å². The maximum absolute atomic E-state index is 12.3. The van der Waals surface area contributed by atoms with Crippen LogP contribution in [0.25, 0.3) is 0 Å². The first-order valence-electron chi connectivity index (χ1n) is 8.44. The number of amides is 1. The number of carbonyl (C=O) groups excluding carboxylic acids is 1. The Hall–Kier alpha value is -2.44. The normalized spacial score (nSPS) is 20.6. The van der Waals surface area contributed by atoms with Crippen molar-refractivity contribution in [3.8, 4) is 0 Å². The minimum atomic E-state index is -0.380. The number of rotatable bonds is 5. The van der Waals surface area contributed by atoms with E-state index in [4.69, 9.17) is 0 Å². The highest BCUT2D eigenvalue weighted by Gasteiger charge is 2.31. The van der Waals surface area contributed by atoms with E-state index in [1.807, 2.05) is 18.2 Å². The van der Waals surface area contributed by atoms with Crippen molar-refractivity contribution in [2.45, 2.75) is 25.1 Å². The smallest absolute Gasteiger partial charge is 0.251 e. The summed E-state index contributed by atoms with van der Waals surface area (Å²) in [6, 6.07) is 13.1. The van der Waals surface area contributed by atoms with Gasteiger partial charge in [0, 0.05) is 50.6 Å². The Morgan fingerprint density at radius 2 is 2.04 bits per heavy atom. The van der Waals surface area contributed by atoms with Gasteiger partial charge in [-0.1, -0.05) is 30.3 Å². The van der Waals surface area contributed by atoms with E-state index in [2.05, 4.69) is 22.3 Å². The average Bonchev–Trinajstić information content (AvgIpc) is 2.95. The van der Waals surface area contributed by atoms with E-state index in [1.165, 1.54) is 16.2 Å². The number of aryl methyl sites for hydroxylation is 1. The first kappa shape index (κ1) is 17.4. The molecule has 1 aliphatic rings. The van der Waals surface area contributed by atoms with Crippen LogP contribution in [0.15, 0.2) is 53.5 Å². The zero-order valence-corrected chi connectivity index (χ0v) is 14.3. The molecule has 0 aliphatic carbocycles. The lowest BCUT2D eigenvalue weighted by atomic mass is 10.1. The van der Waals surface area contributed by atoms with Crippen molar-refractivity contribution >= 4 is 5.91 Å². The molecule has 1 saturated heterocycles. The highest BCUT2D eigenvalue weighted by molar-refractivity contribution is 5.93. The molecule has 2 aromatic rings. The van der Waals surface area contributed by atoms with E-state index >= 15 is 0 Å². The molecule has 2 N–H and O–H groups in total. The standard InChI is InChI=1S/C19H23N3O3/c1-21-8-7-15(9-18(21)24)19(25)20-11-16-10-17(23)13-22(16)12-14-5-3-2-4-6-14/h2-9,16-17,23H,10-13H2,1H3,(H,20,25). The topological polar surface area (TPSA) is 74.6 Å². The largest absolute Gasteiger partial charge is 0.392 e. The zero-order chi connectivity index (χ0) is 17.8. The minimum Gasteiger partial charge on any atom is -0.392 e. The van der Waals surface area contributed by atoms with Gasteiger partial charge < -0.3 is 15.0 Å². The van der Waals surface area contributed by atoms with Gasteiger partial charge in [-0.2, -0.15) is 0 Å². The van der Waals surface area contributed by atoms with Crippen molar-refractivity contribution in [2.75, 3.05) is 13.1 Å². The number of benzene rings is 1. The number of aliphatic hydroxyl groups is 1. The number of hydrogen-bond acceptors (Lipinski definition) is 4. The molecule has 1 amide bonds. The van der Waals surface area contributed by atoms with E-state index in [0.717, 1.165) is 6.54 Å². The molecule has 6 nitrogen and oxygen atoms in total. The molecule has 0 spiro atoms. The predicted molar refractivity (Wildman–Crippen MR) is 95.3 cm³/mol. The Bertz CT molecular complexity index is 788. The van der Waals surface area contributed by atoms with Crippen molar-refractivity contribution < 1.29 is 9.90 Å². The number of pyridine rings is 1. The number of likely N-dealkylation sites (tertiary alicyclic amines) is 1. The molecule has 1 fully saturated rings. The second-order valence-corrected chi connectivity index (χ2v) is 6.53. The number of hydrogen-bond donors (Lipinski definition) is 2. The molecular weight excluding hydrogens is 318 g/mol. The van der Waals surface area contributed by atoms with Gasteiger partial charge in [0.2, 0.25) is 0 Å². The Balaban J connectivity index is 1.61. The van der Waals surface area contributed by atoms with Gasteiger partial charge in [-0.3, -0.25) is 14.5 Å². The SMILES string of the molecule is Cn1ccc(C(=O)NCC2CC(O)CN2Cc2ccccc2)cc1=O. The van der Waals surface area contributed by atoms with Crippen LogP contribution in [0, 0.1) is 0 Å². The summed E-state index contributed by atoms with van der Waals surface area (Å²) < 4.78 is 1.42. The summed E-state index contributed by atoms with van der Waals surface area (Å²) in [5.74, 6) is -0.265. The van der Waals surface area contributed by atoms with Crippen LogP contribution >= 0.6 is 0 Å². The van der Waals surface area contributed by atoms with Gasteiger partial charge in [-0.15, -0.1) is 0 Å². The van der Waals surface area contributed by atoms with E-state index in [-0.39, 0.29) is 23.6 Å². The minimum absolute atomic E-state index is 0.0747. The molecule has 132 valence electrons. The number of nitrogens with one attached hydrogen (secondary N) is 1. The van der Waals surface area contributed by atoms with Gasteiger partial charge in [0.05, 0.1) is 6.10 Å². The fourth-order valence-electron chi connectivity index (χ4n) is 3.18. The lowest BCUT2D eigenvalue weighted by Gasteiger charge is -2.24. The molecule has 2 unspecified atom stereocenters. The quantitative estimate of drug-likeness (QED) is 0.842. The Morgan fingerprint density at radius 1 is 1.28 bits per heavy atom. The number of aromatic nitrogens is 1. The molecule has 0 radical (unpaired) electrons. The summed E-state index contributed by atoms with van der Waals surface area (Å²) in [5.41, 5.74) is 1.32.